The van der Waals surface area contributed by atoms with Crippen LogP contribution in [0.5, 0.6) is 0 Å². The van der Waals surface area contributed by atoms with Crippen molar-refractivity contribution in [3.63, 3.8) is 0 Å². The van der Waals surface area contributed by atoms with E-state index < -0.39 is 0 Å². The lowest BCUT2D eigenvalue weighted by Gasteiger charge is -2.26. The van der Waals surface area contributed by atoms with Crippen LogP contribution in [0.4, 0.5) is 0 Å². The predicted molar refractivity (Wildman–Crippen MR) is 63.7 cm³/mol. The van der Waals surface area contributed by atoms with Gasteiger partial charge in [-0.2, -0.15) is 0 Å². The van der Waals surface area contributed by atoms with E-state index >= 15 is 0 Å². The Balaban J connectivity index is 1.92. The lowest BCUT2D eigenvalue weighted by Crippen LogP contribution is -2.23. The van der Waals surface area contributed by atoms with E-state index in [1.165, 1.54) is 63.4 Å². The van der Waals surface area contributed by atoms with E-state index in [4.69, 9.17) is 0 Å². The van der Waals surface area contributed by atoms with E-state index in [2.05, 4.69) is 6.08 Å². The topological polar surface area (TPSA) is 20.2 Å². The van der Waals surface area contributed by atoms with Gasteiger partial charge in [0.1, 0.15) is 0 Å². The molecule has 86 valence electrons. The fourth-order valence-corrected chi connectivity index (χ4v) is 3.06. The van der Waals surface area contributed by atoms with E-state index in [9.17, 15) is 5.11 Å². The first-order valence-corrected chi connectivity index (χ1v) is 6.75. The molecule has 0 heterocycles. The molecular formula is C14H24O. The molecule has 0 saturated heterocycles. The van der Waals surface area contributed by atoms with Gasteiger partial charge in [0, 0.05) is 0 Å². The van der Waals surface area contributed by atoms with E-state index in [1.54, 1.807) is 0 Å². The quantitative estimate of drug-likeness (QED) is 0.540. The second-order valence-electron chi connectivity index (χ2n) is 5.22. The molecule has 2 aliphatic carbocycles. The summed E-state index contributed by atoms with van der Waals surface area (Å²) in [5.41, 5.74) is 1.35. The highest BCUT2D eigenvalue weighted by molar-refractivity contribution is 5.12. The third-order valence-electron chi connectivity index (χ3n) is 4.05. The summed E-state index contributed by atoms with van der Waals surface area (Å²) in [6, 6.07) is 0. The molecule has 1 atom stereocenters. The molecule has 1 saturated carbocycles. The molecular weight excluding hydrogens is 184 g/mol. The summed E-state index contributed by atoms with van der Waals surface area (Å²) in [6.45, 7) is 0. The molecule has 0 aromatic heterocycles. The van der Waals surface area contributed by atoms with Crippen molar-refractivity contribution in [2.45, 2.75) is 70.3 Å². The largest absolute Gasteiger partial charge is 0.388 e. The third kappa shape index (κ3) is 3.07. The summed E-state index contributed by atoms with van der Waals surface area (Å²) in [5, 5.41) is 10.4. The first kappa shape index (κ1) is 11.2. The summed E-state index contributed by atoms with van der Waals surface area (Å²) >= 11 is 0. The Hall–Kier alpha value is -0.300. The van der Waals surface area contributed by atoms with Gasteiger partial charge in [0.25, 0.3) is 0 Å². The molecule has 0 aromatic carbocycles. The zero-order chi connectivity index (χ0) is 10.5. The average molecular weight is 208 g/mol. The highest BCUT2D eigenvalue weighted by atomic mass is 16.3. The zero-order valence-electron chi connectivity index (χ0n) is 9.75. The van der Waals surface area contributed by atoms with Crippen molar-refractivity contribution in [1.29, 1.82) is 0 Å². The standard InChI is InChI=1S/C14H24O/c15-14(13-10-6-3-7-11-13)12-8-4-1-2-5-9-12/h10,12,14-15H,1-9,11H2. The van der Waals surface area contributed by atoms with Crippen molar-refractivity contribution in [3.8, 4) is 0 Å². The summed E-state index contributed by atoms with van der Waals surface area (Å²) < 4.78 is 0. The van der Waals surface area contributed by atoms with Gasteiger partial charge in [-0.1, -0.05) is 31.8 Å². The summed E-state index contributed by atoms with van der Waals surface area (Å²) in [6.07, 6.45) is 15.1. The van der Waals surface area contributed by atoms with Crippen LogP contribution in [0.2, 0.25) is 0 Å². The minimum Gasteiger partial charge on any atom is -0.388 e. The zero-order valence-corrected chi connectivity index (χ0v) is 9.75. The molecule has 1 N–H and O–H groups in total. The summed E-state index contributed by atoms with van der Waals surface area (Å²) in [5.74, 6) is 0.567. The minimum absolute atomic E-state index is 0.108. The maximum absolute atomic E-state index is 10.4. The molecule has 15 heavy (non-hydrogen) atoms. The Morgan fingerprint density at radius 2 is 1.73 bits per heavy atom. The normalized spacial score (nSPS) is 26.9. The lowest BCUT2D eigenvalue weighted by molar-refractivity contribution is 0.125. The van der Waals surface area contributed by atoms with E-state index in [0.29, 0.717) is 5.92 Å². The SMILES string of the molecule is OC(C1=CCCCC1)C1CCCCCC1. The average Bonchev–Trinajstić information content (AvgIpc) is 2.58. The number of aliphatic hydroxyl groups is 1. The number of allylic oxidation sites excluding steroid dienone is 1. The third-order valence-corrected chi connectivity index (χ3v) is 4.05. The summed E-state index contributed by atoms with van der Waals surface area (Å²) in [4.78, 5) is 0. The Bertz CT molecular complexity index is 211. The monoisotopic (exact) mass is 208 g/mol. The van der Waals surface area contributed by atoms with Gasteiger partial charge in [0.15, 0.2) is 0 Å². The van der Waals surface area contributed by atoms with Gasteiger partial charge in [0.05, 0.1) is 6.10 Å². The maximum Gasteiger partial charge on any atom is 0.0778 e. The van der Waals surface area contributed by atoms with Crippen LogP contribution in [-0.2, 0) is 0 Å². The van der Waals surface area contributed by atoms with Crippen molar-refractivity contribution >= 4 is 0 Å². The Labute approximate surface area is 93.6 Å². The van der Waals surface area contributed by atoms with Crippen molar-refractivity contribution in [2.75, 3.05) is 0 Å². The Kier molecular flexibility index (Phi) is 4.25. The fraction of sp³-hybridized carbons (Fsp3) is 0.857. The Morgan fingerprint density at radius 3 is 2.33 bits per heavy atom. The number of aliphatic hydroxyl groups excluding tert-OH is 1. The molecule has 2 aliphatic rings. The molecule has 1 unspecified atom stereocenters. The van der Waals surface area contributed by atoms with Crippen LogP contribution in [0.1, 0.15) is 64.2 Å². The maximum atomic E-state index is 10.4. The fourth-order valence-electron chi connectivity index (χ4n) is 3.06. The first-order chi connectivity index (χ1) is 7.38. The second kappa shape index (κ2) is 5.69. The second-order valence-corrected chi connectivity index (χ2v) is 5.22. The van der Waals surface area contributed by atoms with Crippen molar-refractivity contribution in [3.05, 3.63) is 11.6 Å². The Morgan fingerprint density at radius 1 is 1.00 bits per heavy atom. The minimum atomic E-state index is -0.108. The van der Waals surface area contributed by atoms with Gasteiger partial charge in [-0.3, -0.25) is 0 Å². The molecule has 1 fully saturated rings. The van der Waals surface area contributed by atoms with E-state index in [0.717, 1.165) is 6.42 Å². The van der Waals surface area contributed by atoms with Crippen molar-refractivity contribution < 1.29 is 5.11 Å². The van der Waals surface area contributed by atoms with Crippen LogP contribution < -0.4 is 0 Å². The van der Waals surface area contributed by atoms with Gasteiger partial charge >= 0.3 is 0 Å². The van der Waals surface area contributed by atoms with Gasteiger partial charge in [-0.05, 0) is 50.0 Å². The molecule has 0 aromatic rings. The number of rotatable bonds is 2. The van der Waals surface area contributed by atoms with Crippen LogP contribution in [0, 0.1) is 5.92 Å². The van der Waals surface area contributed by atoms with Crippen LogP contribution in [-0.4, -0.2) is 11.2 Å². The number of hydrogen-bond acceptors (Lipinski definition) is 1. The van der Waals surface area contributed by atoms with E-state index in [-0.39, 0.29) is 6.10 Å². The van der Waals surface area contributed by atoms with Gasteiger partial charge < -0.3 is 5.11 Å². The van der Waals surface area contributed by atoms with Crippen molar-refractivity contribution in [1.82, 2.24) is 0 Å². The van der Waals surface area contributed by atoms with Crippen molar-refractivity contribution in [2.24, 2.45) is 5.92 Å². The highest BCUT2D eigenvalue weighted by Gasteiger charge is 2.24. The van der Waals surface area contributed by atoms with Crippen LogP contribution in [0.15, 0.2) is 11.6 Å². The van der Waals surface area contributed by atoms with Gasteiger partial charge in [-0.25, -0.2) is 0 Å². The van der Waals surface area contributed by atoms with Crippen LogP contribution in [0.25, 0.3) is 0 Å². The molecule has 0 amide bonds. The molecule has 1 nitrogen and oxygen atoms in total. The molecule has 0 spiro atoms. The van der Waals surface area contributed by atoms with Gasteiger partial charge in [-0.15, -0.1) is 0 Å². The van der Waals surface area contributed by atoms with E-state index in [1.807, 2.05) is 0 Å². The van der Waals surface area contributed by atoms with Crippen LogP contribution in [0.3, 0.4) is 0 Å². The molecule has 1 heteroatoms. The predicted octanol–water partition coefficient (Wildman–Crippen LogP) is 3.82. The lowest BCUT2D eigenvalue weighted by atomic mass is 9.85. The number of hydrogen-bond donors (Lipinski definition) is 1. The summed E-state index contributed by atoms with van der Waals surface area (Å²) in [7, 11) is 0. The molecule has 2 rings (SSSR count). The molecule has 0 radical (unpaired) electrons. The molecule has 0 aliphatic heterocycles. The molecule has 0 bridgehead atoms. The first-order valence-electron chi connectivity index (χ1n) is 6.75. The van der Waals surface area contributed by atoms with Crippen LogP contribution >= 0.6 is 0 Å². The highest BCUT2D eigenvalue weighted by Crippen LogP contribution is 2.31. The smallest absolute Gasteiger partial charge is 0.0778 e. The van der Waals surface area contributed by atoms with Gasteiger partial charge in [0.2, 0.25) is 0 Å².